The molecule has 1 aliphatic carbocycles. The molecule has 1 aliphatic rings. The first kappa shape index (κ1) is 8.27. The van der Waals surface area contributed by atoms with Gasteiger partial charge in [0.15, 0.2) is 0 Å². The zero-order valence-corrected chi connectivity index (χ0v) is 8.02. The van der Waals surface area contributed by atoms with Gasteiger partial charge in [-0.05, 0) is 41.1 Å². The molecule has 0 spiro atoms. The maximum absolute atomic E-state index is 6.02. The smallest absolute Gasteiger partial charge is 0.0303 e. The van der Waals surface area contributed by atoms with E-state index in [2.05, 4.69) is 16.8 Å². The number of nitrogens with two attached hydrogens (primary N) is 1. The van der Waals surface area contributed by atoms with E-state index < -0.39 is 0 Å². The first-order valence-electron chi connectivity index (χ1n) is 4.64. The lowest BCUT2D eigenvalue weighted by Crippen LogP contribution is -2.09. The van der Waals surface area contributed by atoms with Gasteiger partial charge in [0.25, 0.3) is 0 Å². The predicted molar refractivity (Wildman–Crippen MR) is 53.2 cm³/mol. The Balaban J connectivity index is 1.79. The third-order valence-electron chi connectivity index (χ3n) is 2.55. The van der Waals surface area contributed by atoms with Gasteiger partial charge < -0.3 is 5.73 Å². The second-order valence-corrected chi connectivity index (χ2v) is 4.46. The Bertz CT molecular complexity index is 226. The molecule has 1 unspecified atom stereocenters. The van der Waals surface area contributed by atoms with E-state index >= 15 is 0 Å². The molecule has 0 aromatic carbocycles. The van der Waals surface area contributed by atoms with Crippen molar-refractivity contribution < 1.29 is 0 Å². The molecule has 1 saturated carbocycles. The molecule has 1 heterocycles. The number of hydrogen-bond acceptors (Lipinski definition) is 2. The monoisotopic (exact) mass is 181 g/mol. The van der Waals surface area contributed by atoms with Crippen LogP contribution < -0.4 is 5.73 Å². The molecule has 1 aromatic heterocycles. The first-order chi connectivity index (χ1) is 5.86. The van der Waals surface area contributed by atoms with Crippen LogP contribution in [0.3, 0.4) is 0 Å². The maximum atomic E-state index is 6.02. The van der Waals surface area contributed by atoms with Crippen LogP contribution in [0.4, 0.5) is 0 Å². The standard InChI is InChI=1S/C10H15NS/c11-10(4-3-8-1-2-8)9-5-6-12-7-9/h5-8,10H,1-4,11H2. The third-order valence-corrected chi connectivity index (χ3v) is 3.26. The van der Waals surface area contributed by atoms with Crippen molar-refractivity contribution in [2.75, 3.05) is 0 Å². The molecule has 66 valence electrons. The highest BCUT2D eigenvalue weighted by Crippen LogP contribution is 2.35. The fourth-order valence-electron chi connectivity index (χ4n) is 1.47. The van der Waals surface area contributed by atoms with E-state index in [-0.39, 0.29) is 6.04 Å². The van der Waals surface area contributed by atoms with Crippen molar-refractivity contribution in [3.63, 3.8) is 0 Å². The van der Waals surface area contributed by atoms with Crippen LogP contribution >= 0.6 is 11.3 Å². The predicted octanol–water partition coefficient (Wildman–Crippen LogP) is 2.94. The Kier molecular flexibility index (Phi) is 2.47. The highest BCUT2D eigenvalue weighted by molar-refractivity contribution is 7.07. The van der Waals surface area contributed by atoms with Crippen LogP contribution in [-0.4, -0.2) is 0 Å². The fraction of sp³-hybridized carbons (Fsp3) is 0.600. The van der Waals surface area contributed by atoms with Gasteiger partial charge in [0.2, 0.25) is 0 Å². The molecule has 1 aromatic rings. The van der Waals surface area contributed by atoms with E-state index in [1.54, 1.807) is 11.3 Å². The summed E-state index contributed by atoms with van der Waals surface area (Å²) in [6.07, 6.45) is 5.38. The van der Waals surface area contributed by atoms with E-state index in [9.17, 15) is 0 Å². The van der Waals surface area contributed by atoms with Crippen molar-refractivity contribution in [2.45, 2.75) is 31.7 Å². The van der Waals surface area contributed by atoms with Crippen molar-refractivity contribution in [1.82, 2.24) is 0 Å². The van der Waals surface area contributed by atoms with Crippen LogP contribution in [0.15, 0.2) is 16.8 Å². The summed E-state index contributed by atoms with van der Waals surface area (Å²) in [5.74, 6) is 1.01. The lowest BCUT2D eigenvalue weighted by molar-refractivity contribution is 0.576. The van der Waals surface area contributed by atoms with Gasteiger partial charge in [0.05, 0.1) is 0 Å². The lowest BCUT2D eigenvalue weighted by atomic mass is 10.0. The van der Waals surface area contributed by atoms with Crippen molar-refractivity contribution >= 4 is 11.3 Å². The Hall–Kier alpha value is -0.340. The third kappa shape index (κ3) is 2.08. The van der Waals surface area contributed by atoms with Crippen LogP contribution in [0.2, 0.25) is 0 Å². The normalized spacial score (nSPS) is 19.4. The average Bonchev–Trinajstić information content (AvgIpc) is 2.74. The number of thiophene rings is 1. The van der Waals surface area contributed by atoms with Gasteiger partial charge in [-0.1, -0.05) is 12.8 Å². The van der Waals surface area contributed by atoms with E-state index in [1.165, 1.54) is 31.2 Å². The molecule has 0 saturated heterocycles. The number of hydrogen-bond donors (Lipinski definition) is 1. The molecule has 1 nitrogen and oxygen atoms in total. The zero-order valence-electron chi connectivity index (χ0n) is 7.20. The quantitative estimate of drug-likeness (QED) is 0.759. The van der Waals surface area contributed by atoms with Crippen molar-refractivity contribution in [3.05, 3.63) is 22.4 Å². The topological polar surface area (TPSA) is 26.0 Å². The van der Waals surface area contributed by atoms with Crippen LogP contribution in [0, 0.1) is 5.92 Å². The first-order valence-corrected chi connectivity index (χ1v) is 5.58. The molecule has 0 amide bonds. The van der Waals surface area contributed by atoms with E-state index in [0.29, 0.717) is 0 Å². The summed E-state index contributed by atoms with van der Waals surface area (Å²) in [4.78, 5) is 0. The van der Waals surface area contributed by atoms with Gasteiger partial charge in [-0.25, -0.2) is 0 Å². The second-order valence-electron chi connectivity index (χ2n) is 3.68. The van der Waals surface area contributed by atoms with Crippen LogP contribution in [0.25, 0.3) is 0 Å². The van der Waals surface area contributed by atoms with Gasteiger partial charge in [0, 0.05) is 6.04 Å². The minimum Gasteiger partial charge on any atom is -0.324 e. The molecule has 0 aliphatic heterocycles. The van der Waals surface area contributed by atoms with Gasteiger partial charge >= 0.3 is 0 Å². The molecular weight excluding hydrogens is 166 g/mol. The molecule has 0 radical (unpaired) electrons. The molecular formula is C10H15NS. The molecule has 2 N–H and O–H groups in total. The summed E-state index contributed by atoms with van der Waals surface area (Å²) >= 11 is 1.74. The van der Waals surface area contributed by atoms with Crippen molar-refractivity contribution in [2.24, 2.45) is 11.7 Å². The minimum atomic E-state index is 0.289. The van der Waals surface area contributed by atoms with Crippen molar-refractivity contribution in [3.8, 4) is 0 Å². The summed E-state index contributed by atoms with van der Waals surface area (Å²) in [7, 11) is 0. The Morgan fingerprint density at radius 1 is 1.58 bits per heavy atom. The Morgan fingerprint density at radius 3 is 3.00 bits per heavy atom. The summed E-state index contributed by atoms with van der Waals surface area (Å²) in [5, 5.41) is 4.27. The molecule has 2 heteroatoms. The van der Waals surface area contributed by atoms with Gasteiger partial charge in [-0.15, -0.1) is 0 Å². The van der Waals surface area contributed by atoms with Crippen LogP contribution in [0.1, 0.15) is 37.3 Å². The summed E-state index contributed by atoms with van der Waals surface area (Å²) in [6.45, 7) is 0. The fourth-order valence-corrected chi connectivity index (χ4v) is 2.20. The van der Waals surface area contributed by atoms with Crippen LogP contribution in [-0.2, 0) is 0 Å². The summed E-state index contributed by atoms with van der Waals surface area (Å²) in [5.41, 5.74) is 7.34. The van der Waals surface area contributed by atoms with Gasteiger partial charge in [0.1, 0.15) is 0 Å². The second kappa shape index (κ2) is 3.58. The Morgan fingerprint density at radius 2 is 2.42 bits per heavy atom. The molecule has 12 heavy (non-hydrogen) atoms. The van der Waals surface area contributed by atoms with Crippen LogP contribution in [0.5, 0.6) is 0 Å². The van der Waals surface area contributed by atoms with E-state index in [4.69, 9.17) is 5.73 Å². The highest BCUT2D eigenvalue weighted by atomic mass is 32.1. The van der Waals surface area contributed by atoms with Gasteiger partial charge in [-0.2, -0.15) is 11.3 Å². The lowest BCUT2D eigenvalue weighted by Gasteiger charge is -2.08. The molecule has 1 atom stereocenters. The molecule has 2 rings (SSSR count). The summed E-state index contributed by atoms with van der Waals surface area (Å²) in [6, 6.07) is 2.43. The number of rotatable bonds is 4. The average molecular weight is 181 g/mol. The molecule has 1 fully saturated rings. The van der Waals surface area contributed by atoms with E-state index in [0.717, 1.165) is 5.92 Å². The van der Waals surface area contributed by atoms with Crippen molar-refractivity contribution in [1.29, 1.82) is 0 Å². The summed E-state index contributed by atoms with van der Waals surface area (Å²) < 4.78 is 0. The minimum absolute atomic E-state index is 0.289. The maximum Gasteiger partial charge on any atom is 0.0303 e. The Labute approximate surface area is 77.6 Å². The van der Waals surface area contributed by atoms with Gasteiger partial charge in [-0.3, -0.25) is 0 Å². The van der Waals surface area contributed by atoms with E-state index in [1.807, 2.05) is 0 Å². The molecule has 0 bridgehead atoms. The zero-order chi connectivity index (χ0) is 8.39. The SMILES string of the molecule is NC(CCC1CC1)c1ccsc1. The largest absolute Gasteiger partial charge is 0.324 e. The highest BCUT2D eigenvalue weighted by Gasteiger charge is 2.21.